The highest BCUT2D eigenvalue weighted by Crippen LogP contribution is 2.32. The number of carbonyl (C=O) groups excluding carboxylic acids is 1. The van der Waals surface area contributed by atoms with Gasteiger partial charge in [-0.1, -0.05) is 11.2 Å². The average molecular weight is 376 g/mol. The Bertz CT molecular complexity index is 1010. The van der Waals surface area contributed by atoms with E-state index in [4.69, 9.17) is 4.52 Å². The van der Waals surface area contributed by atoms with Crippen LogP contribution in [0.25, 0.3) is 11.5 Å². The molecule has 28 heavy (non-hydrogen) atoms. The van der Waals surface area contributed by atoms with Crippen LogP contribution in [0.5, 0.6) is 0 Å². The third-order valence-electron chi connectivity index (χ3n) is 5.36. The molecular formula is C22H24N4O2. The summed E-state index contributed by atoms with van der Waals surface area (Å²) in [5.74, 6) is 1.10. The van der Waals surface area contributed by atoms with Crippen LogP contribution in [0.15, 0.2) is 47.0 Å². The van der Waals surface area contributed by atoms with Crippen molar-refractivity contribution >= 4 is 17.3 Å². The molecule has 1 unspecified atom stereocenters. The second kappa shape index (κ2) is 7.11. The standard InChI is InChI=1S/C22H24N4O2/c1-14-5-8-19(11-15(14)2)26-13-17(12-20(26)27)21-23-22(28-24-21)16-6-9-18(10-7-16)25(3)4/h5-11,17H,12-13H2,1-4H3. The number of rotatable bonds is 4. The molecule has 4 rings (SSSR count). The number of aromatic nitrogens is 2. The molecule has 1 atom stereocenters. The van der Waals surface area contributed by atoms with Gasteiger partial charge < -0.3 is 14.3 Å². The predicted octanol–water partition coefficient (Wildman–Crippen LogP) is 3.94. The molecule has 144 valence electrons. The van der Waals surface area contributed by atoms with Gasteiger partial charge in [0.25, 0.3) is 5.89 Å². The van der Waals surface area contributed by atoms with Crippen LogP contribution in [0, 0.1) is 13.8 Å². The minimum atomic E-state index is -0.0624. The fraction of sp³-hybridized carbons (Fsp3) is 0.318. The number of hydrogen-bond donors (Lipinski definition) is 0. The maximum absolute atomic E-state index is 12.6. The second-order valence-corrected chi connectivity index (χ2v) is 7.57. The van der Waals surface area contributed by atoms with Crippen molar-refractivity contribution < 1.29 is 9.32 Å². The summed E-state index contributed by atoms with van der Waals surface area (Å²) >= 11 is 0. The average Bonchev–Trinajstić information content (AvgIpc) is 3.31. The summed E-state index contributed by atoms with van der Waals surface area (Å²) in [4.78, 5) is 21.0. The second-order valence-electron chi connectivity index (χ2n) is 7.57. The van der Waals surface area contributed by atoms with Gasteiger partial charge in [-0.3, -0.25) is 4.79 Å². The lowest BCUT2D eigenvalue weighted by atomic mass is 10.1. The normalized spacial score (nSPS) is 16.6. The van der Waals surface area contributed by atoms with E-state index in [9.17, 15) is 4.79 Å². The van der Waals surface area contributed by atoms with Gasteiger partial charge in [-0.15, -0.1) is 0 Å². The first-order valence-corrected chi connectivity index (χ1v) is 9.41. The molecule has 6 nitrogen and oxygen atoms in total. The fourth-order valence-corrected chi connectivity index (χ4v) is 3.44. The summed E-state index contributed by atoms with van der Waals surface area (Å²) in [6.07, 6.45) is 0.394. The minimum Gasteiger partial charge on any atom is -0.378 e. The van der Waals surface area contributed by atoms with Gasteiger partial charge >= 0.3 is 0 Å². The molecule has 1 aliphatic rings. The minimum absolute atomic E-state index is 0.0624. The van der Waals surface area contributed by atoms with Crippen molar-refractivity contribution in [3.8, 4) is 11.5 Å². The highest BCUT2D eigenvalue weighted by atomic mass is 16.5. The van der Waals surface area contributed by atoms with Gasteiger partial charge in [0.15, 0.2) is 5.82 Å². The maximum atomic E-state index is 12.6. The first kappa shape index (κ1) is 18.2. The number of anilines is 2. The zero-order valence-electron chi connectivity index (χ0n) is 16.6. The first-order valence-electron chi connectivity index (χ1n) is 9.41. The number of hydrogen-bond acceptors (Lipinski definition) is 5. The zero-order chi connectivity index (χ0) is 19.8. The molecule has 2 aromatic carbocycles. The Hall–Kier alpha value is -3.15. The molecule has 1 aliphatic heterocycles. The Kier molecular flexibility index (Phi) is 4.63. The van der Waals surface area contributed by atoms with Gasteiger partial charge in [-0.25, -0.2) is 0 Å². The van der Waals surface area contributed by atoms with Crippen molar-refractivity contribution in [3.05, 3.63) is 59.4 Å². The summed E-state index contributed by atoms with van der Waals surface area (Å²) in [7, 11) is 4.00. The van der Waals surface area contributed by atoms with Crippen LogP contribution < -0.4 is 9.80 Å². The van der Waals surface area contributed by atoms with Crippen molar-refractivity contribution in [3.63, 3.8) is 0 Å². The van der Waals surface area contributed by atoms with E-state index >= 15 is 0 Å². The number of amides is 1. The van der Waals surface area contributed by atoms with Crippen molar-refractivity contribution in [1.29, 1.82) is 0 Å². The molecule has 3 aromatic rings. The van der Waals surface area contributed by atoms with Crippen molar-refractivity contribution in [1.82, 2.24) is 10.1 Å². The van der Waals surface area contributed by atoms with Crippen molar-refractivity contribution in [2.24, 2.45) is 0 Å². The lowest BCUT2D eigenvalue weighted by Gasteiger charge is -2.17. The molecular weight excluding hydrogens is 352 g/mol. The molecule has 0 radical (unpaired) electrons. The van der Waals surface area contributed by atoms with Gasteiger partial charge in [0, 0.05) is 49.9 Å². The van der Waals surface area contributed by atoms with E-state index in [1.807, 2.05) is 54.2 Å². The Labute approximate surface area is 164 Å². The monoisotopic (exact) mass is 376 g/mol. The summed E-state index contributed by atoms with van der Waals surface area (Å²) in [5, 5.41) is 4.15. The molecule has 1 fully saturated rings. The van der Waals surface area contributed by atoms with Crippen LogP contribution >= 0.6 is 0 Å². The highest BCUT2D eigenvalue weighted by molar-refractivity contribution is 5.96. The third kappa shape index (κ3) is 3.38. The summed E-state index contributed by atoms with van der Waals surface area (Å²) in [6.45, 7) is 4.70. The molecule has 0 spiro atoms. The van der Waals surface area contributed by atoms with Crippen molar-refractivity contribution in [2.45, 2.75) is 26.2 Å². The van der Waals surface area contributed by atoms with E-state index < -0.39 is 0 Å². The highest BCUT2D eigenvalue weighted by Gasteiger charge is 2.34. The smallest absolute Gasteiger partial charge is 0.257 e. The van der Waals surface area contributed by atoms with Gasteiger partial charge in [0.2, 0.25) is 5.91 Å². The number of carbonyl (C=O) groups is 1. The number of benzene rings is 2. The van der Waals surface area contributed by atoms with Crippen LogP contribution in [0.4, 0.5) is 11.4 Å². The molecule has 1 aromatic heterocycles. The Morgan fingerprint density at radius 1 is 1.07 bits per heavy atom. The summed E-state index contributed by atoms with van der Waals surface area (Å²) in [6, 6.07) is 14.1. The van der Waals surface area contributed by atoms with Crippen molar-refractivity contribution in [2.75, 3.05) is 30.4 Å². The van der Waals surface area contributed by atoms with E-state index in [1.165, 1.54) is 11.1 Å². The number of aryl methyl sites for hydroxylation is 2. The largest absolute Gasteiger partial charge is 0.378 e. The molecule has 0 saturated carbocycles. The van der Waals surface area contributed by atoms with Gasteiger partial charge in [-0.2, -0.15) is 4.98 Å². The SMILES string of the molecule is Cc1ccc(N2CC(c3noc(-c4ccc(N(C)C)cc4)n3)CC2=O)cc1C. The topological polar surface area (TPSA) is 62.5 Å². The van der Waals surface area contributed by atoms with Crippen LogP contribution in [-0.4, -0.2) is 36.7 Å². The summed E-state index contributed by atoms with van der Waals surface area (Å²) in [5.41, 5.74) is 5.30. The summed E-state index contributed by atoms with van der Waals surface area (Å²) < 4.78 is 5.47. The molecule has 0 N–H and O–H groups in total. The molecule has 1 saturated heterocycles. The van der Waals surface area contributed by atoms with Crippen LogP contribution in [0.3, 0.4) is 0 Å². The molecule has 0 aliphatic carbocycles. The fourth-order valence-electron chi connectivity index (χ4n) is 3.44. The molecule has 0 bridgehead atoms. The zero-order valence-corrected chi connectivity index (χ0v) is 16.6. The van der Waals surface area contributed by atoms with E-state index in [0.29, 0.717) is 24.7 Å². The molecule has 1 amide bonds. The Morgan fingerprint density at radius 2 is 1.82 bits per heavy atom. The van der Waals surface area contributed by atoms with Gasteiger partial charge in [-0.05, 0) is 61.4 Å². The molecule has 2 heterocycles. The predicted molar refractivity (Wildman–Crippen MR) is 110 cm³/mol. The van der Waals surface area contributed by atoms with E-state index in [1.54, 1.807) is 0 Å². The third-order valence-corrected chi connectivity index (χ3v) is 5.36. The van der Waals surface area contributed by atoms with Crippen LogP contribution in [0.2, 0.25) is 0 Å². The van der Waals surface area contributed by atoms with Gasteiger partial charge in [0.1, 0.15) is 0 Å². The quantitative estimate of drug-likeness (QED) is 0.690. The Morgan fingerprint density at radius 3 is 2.50 bits per heavy atom. The van der Waals surface area contributed by atoms with E-state index in [2.05, 4.69) is 36.1 Å². The van der Waals surface area contributed by atoms with Crippen LogP contribution in [0.1, 0.15) is 29.3 Å². The molecule has 6 heteroatoms. The van der Waals surface area contributed by atoms with E-state index in [0.717, 1.165) is 16.9 Å². The Balaban J connectivity index is 1.53. The van der Waals surface area contributed by atoms with Gasteiger partial charge in [0.05, 0.1) is 0 Å². The maximum Gasteiger partial charge on any atom is 0.257 e. The first-order chi connectivity index (χ1) is 13.4. The number of nitrogens with zero attached hydrogens (tertiary/aromatic N) is 4. The van der Waals surface area contributed by atoms with Crippen LogP contribution in [-0.2, 0) is 4.79 Å². The lowest BCUT2D eigenvalue weighted by Crippen LogP contribution is -2.24. The lowest BCUT2D eigenvalue weighted by molar-refractivity contribution is -0.117. The van der Waals surface area contributed by atoms with E-state index in [-0.39, 0.29) is 11.8 Å².